The van der Waals surface area contributed by atoms with Crippen LogP contribution < -0.4 is 9.64 Å². The molecule has 0 amide bonds. The van der Waals surface area contributed by atoms with Crippen LogP contribution in [-0.2, 0) is 19.4 Å². The predicted molar refractivity (Wildman–Crippen MR) is 131 cm³/mol. The number of nitrogens with zero attached hydrogens (tertiary/aromatic N) is 4. The van der Waals surface area contributed by atoms with Crippen molar-refractivity contribution >= 4 is 16.9 Å². The van der Waals surface area contributed by atoms with Gasteiger partial charge in [-0.3, -0.25) is 0 Å². The van der Waals surface area contributed by atoms with Crippen LogP contribution in [-0.4, -0.2) is 33.1 Å². The number of fused-ring (bicyclic) bond motifs is 3. The Morgan fingerprint density at radius 3 is 2.77 bits per heavy atom. The molecule has 4 aromatic rings. The molecule has 0 spiro atoms. The van der Waals surface area contributed by atoms with Crippen molar-refractivity contribution in [1.29, 1.82) is 0 Å². The Kier molecular flexibility index (Phi) is 5.20. The van der Waals surface area contributed by atoms with Crippen molar-refractivity contribution in [3.8, 4) is 16.9 Å². The topological polar surface area (TPSA) is 66.9 Å². The molecule has 0 saturated heterocycles. The van der Waals surface area contributed by atoms with E-state index in [1.165, 1.54) is 5.56 Å². The van der Waals surface area contributed by atoms with Gasteiger partial charge in [-0.1, -0.05) is 26.0 Å². The Morgan fingerprint density at radius 1 is 1.09 bits per heavy atom. The van der Waals surface area contributed by atoms with Crippen molar-refractivity contribution in [3.63, 3.8) is 0 Å². The molecule has 0 fully saturated rings. The number of aryl methyl sites for hydroxylation is 1. The summed E-state index contributed by atoms with van der Waals surface area (Å²) in [4.78, 5) is 18.3. The van der Waals surface area contributed by atoms with Crippen LogP contribution in [0.3, 0.4) is 0 Å². The number of aromatic nitrogens is 4. The summed E-state index contributed by atoms with van der Waals surface area (Å²) in [7, 11) is 0. The van der Waals surface area contributed by atoms with Gasteiger partial charge < -0.3 is 14.6 Å². The van der Waals surface area contributed by atoms with Crippen LogP contribution in [0.4, 0.5) is 14.6 Å². The molecule has 6 rings (SSSR count). The molecule has 6 nitrogen and oxygen atoms in total. The highest BCUT2D eigenvalue weighted by Crippen LogP contribution is 2.39. The minimum absolute atomic E-state index is 0.231. The Balaban J connectivity index is 1.34. The fourth-order valence-electron chi connectivity index (χ4n) is 5.19. The smallest absolute Gasteiger partial charge is 0.295 e. The normalized spacial score (nSPS) is 17.1. The number of ether oxygens (including phenoxy) is 1. The number of benzene rings is 2. The molecule has 0 bridgehead atoms. The summed E-state index contributed by atoms with van der Waals surface area (Å²) in [5, 5.41) is 0. The minimum Gasteiger partial charge on any atom is -0.491 e. The number of nitrogens with one attached hydrogen (secondary N) is 1. The zero-order chi connectivity index (χ0) is 24.2. The molecule has 0 unspecified atom stereocenters. The van der Waals surface area contributed by atoms with Crippen LogP contribution in [0.15, 0.2) is 42.7 Å². The maximum Gasteiger partial charge on any atom is 0.295 e. The van der Waals surface area contributed by atoms with E-state index < -0.39 is 6.43 Å². The van der Waals surface area contributed by atoms with E-state index in [1.807, 2.05) is 24.3 Å². The molecule has 0 radical (unpaired) electrons. The van der Waals surface area contributed by atoms with Gasteiger partial charge >= 0.3 is 0 Å². The third kappa shape index (κ3) is 4.11. The van der Waals surface area contributed by atoms with E-state index >= 15 is 0 Å². The highest BCUT2D eigenvalue weighted by atomic mass is 19.3. The van der Waals surface area contributed by atoms with Crippen molar-refractivity contribution in [2.45, 2.75) is 46.1 Å². The van der Waals surface area contributed by atoms with Gasteiger partial charge in [0.05, 0.1) is 17.6 Å². The van der Waals surface area contributed by atoms with Crippen molar-refractivity contribution < 1.29 is 13.5 Å². The summed E-state index contributed by atoms with van der Waals surface area (Å²) in [6.45, 7) is 6.60. The van der Waals surface area contributed by atoms with Gasteiger partial charge in [0.25, 0.3) is 6.43 Å². The molecule has 2 aromatic heterocycles. The number of hydrogen-bond donors (Lipinski definition) is 1. The molecule has 0 atom stereocenters. The predicted octanol–water partition coefficient (Wildman–Crippen LogP) is 5.87. The van der Waals surface area contributed by atoms with Crippen LogP contribution in [0.25, 0.3) is 22.2 Å². The summed E-state index contributed by atoms with van der Waals surface area (Å²) in [5.74, 6) is 1.56. The highest BCUT2D eigenvalue weighted by molar-refractivity contribution is 5.82. The fourth-order valence-corrected chi connectivity index (χ4v) is 5.19. The van der Waals surface area contributed by atoms with Crippen molar-refractivity contribution in [3.05, 3.63) is 65.4 Å². The summed E-state index contributed by atoms with van der Waals surface area (Å²) in [6, 6.07) is 11.7. The first kappa shape index (κ1) is 21.9. The van der Waals surface area contributed by atoms with E-state index in [2.05, 4.69) is 39.8 Å². The maximum absolute atomic E-state index is 13.1. The summed E-state index contributed by atoms with van der Waals surface area (Å²) >= 11 is 0. The number of rotatable bonds is 3. The number of imidazole rings is 1. The van der Waals surface area contributed by atoms with Crippen molar-refractivity contribution in [1.82, 2.24) is 19.9 Å². The molecular weight excluding hydrogens is 448 g/mol. The standard InChI is InChI=1S/C27H27F2N5O/c1-27(2)8-7-20-19(13-27)26(31-15-30-20)34-9-10-35-23-6-4-16(11-18(23)14-34)17-3-5-21-22(12-17)33-25(32-21)24(28)29/h3-6,11-12,15,24H,7-10,13-14H2,1-2H3,(H,32,33). The first-order valence-electron chi connectivity index (χ1n) is 12.0. The van der Waals surface area contributed by atoms with E-state index in [0.29, 0.717) is 24.2 Å². The molecule has 1 aliphatic carbocycles. The van der Waals surface area contributed by atoms with E-state index in [-0.39, 0.29) is 11.2 Å². The molecule has 2 aromatic carbocycles. The third-order valence-electron chi connectivity index (χ3n) is 7.09. The Morgan fingerprint density at radius 2 is 1.91 bits per heavy atom. The zero-order valence-electron chi connectivity index (χ0n) is 19.8. The van der Waals surface area contributed by atoms with Gasteiger partial charge in [-0.05, 0) is 60.1 Å². The minimum atomic E-state index is -2.63. The largest absolute Gasteiger partial charge is 0.491 e. The monoisotopic (exact) mass is 475 g/mol. The Hall–Kier alpha value is -3.55. The number of hydrogen-bond acceptors (Lipinski definition) is 5. The lowest BCUT2D eigenvalue weighted by molar-refractivity contribution is 0.142. The molecular formula is C27H27F2N5O. The van der Waals surface area contributed by atoms with Crippen LogP contribution >= 0.6 is 0 Å². The summed E-state index contributed by atoms with van der Waals surface area (Å²) < 4.78 is 32.2. The second-order valence-corrected chi connectivity index (χ2v) is 10.2. The van der Waals surface area contributed by atoms with Crippen molar-refractivity contribution in [2.75, 3.05) is 18.1 Å². The average Bonchev–Trinajstić information content (AvgIpc) is 3.16. The Bertz CT molecular complexity index is 1410. The number of alkyl halides is 2. The van der Waals surface area contributed by atoms with E-state index in [1.54, 1.807) is 12.4 Å². The van der Waals surface area contributed by atoms with Gasteiger partial charge in [-0.25, -0.2) is 23.7 Å². The van der Waals surface area contributed by atoms with Gasteiger partial charge in [0.15, 0.2) is 5.82 Å². The lowest BCUT2D eigenvalue weighted by atomic mass is 9.76. The molecule has 35 heavy (non-hydrogen) atoms. The molecule has 3 heterocycles. The molecule has 8 heteroatoms. The first-order valence-corrected chi connectivity index (χ1v) is 12.0. The van der Waals surface area contributed by atoms with Crippen LogP contribution in [0, 0.1) is 5.41 Å². The Labute approximate surface area is 202 Å². The second kappa shape index (κ2) is 8.29. The zero-order valence-corrected chi connectivity index (χ0v) is 19.8. The number of aromatic amines is 1. The second-order valence-electron chi connectivity index (χ2n) is 10.2. The van der Waals surface area contributed by atoms with Gasteiger partial charge in [0.1, 0.15) is 24.5 Å². The summed E-state index contributed by atoms with van der Waals surface area (Å²) in [6.07, 6.45) is 2.13. The quantitative estimate of drug-likeness (QED) is 0.401. The number of anilines is 1. The highest BCUT2D eigenvalue weighted by Gasteiger charge is 2.30. The van der Waals surface area contributed by atoms with Gasteiger partial charge in [-0.15, -0.1) is 0 Å². The molecule has 2 aliphatic rings. The lowest BCUT2D eigenvalue weighted by Gasteiger charge is -2.33. The molecule has 0 saturated carbocycles. The van der Waals surface area contributed by atoms with Gasteiger partial charge in [0.2, 0.25) is 0 Å². The average molecular weight is 476 g/mol. The van der Waals surface area contributed by atoms with Crippen molar-refractivity contribution in [2.24, 2.45) is 5.41 Å². The third-order valence-corrected chi connectivity index (χ3v) is 7.09. The molecule has 180 valence electrons. The van der Waals surface area contributed by atoms with Gasteiger partial charge in [0, 0.05) is 23.4 Å². The molecule has 1 aliphatic heterocycles. The fraction of sp³-hybridized carbons (Fsp3) is 0.370. The van der Waals surface area contributed by atoms with Crippen LogP contribution in [0.1, 0.15) is 49.3 Å². The van der Waals surface area contributed by atoms with E-state index in [4.69, 9.17) is 9.72 Å². The maximum atomic E-state index is 13.1. The van der Waals surface area contributed by atoms with E-state index in [9.17, 15) is 8.78 Å². The van der Waals surface area contributed by atoms with E-state index in [0.717, 1.165) is 59.8 Å². The SMILES string of the molecule is CC1(C)CCc2ncnc(N3CCOc4ccc(-c5ccc6[nH]c(C(F)F)nc6c5)cc4C3)c2C1. The lowest BCUT2D eigenvalue weighted by Crippen LogP contribution is -2.31. The first-order chi connectivity index (χ1) is 16.9. The molecule has 1 N–H and O–H groups in total. The van der Waals surface area contributed by atoms with Crippen LogP contribution in [0.5, 0.6) is 5.75 Å². The number of halogens is 2. The number of H-pyrrole nitrogens is 1. The van der Waals surface area contributed by atoms with Gasteiger partial charge in [-0.2, -0.15) is 0 Å². The van der Waals surface area contributed by atoms with Crippen LogP contribution in [0.2, 0.25) is 0 Å². The summed E-state index contributed by atoms with van der Waals surface area (Å²) in [5.41, 5.74) is 6.75.